The zero-order valence-electron chi connectivity index (χ0n) is 11.3. The third kappa shape index (κ3) is 2.18. The fourth-order valence-corrected chi connectivity index (χ4v) is 3.51. The molecule has 18 heavy (non-hydrogen) atoms. The van der Waals surface area contributed by atoms with E-state index in [4.69, 9.17) is 11.5 Å². The molecule has 0 spiro atoms. The predicted molar refractivity (Wildman–Crippen MR) is 75.0 cm³/mol. The Balaban J connectivity index is 3.88. The molecular weight excluding hydrogens is 250 g/mol. The SMILES string of the molecule is CCc1c(N)c(C)c(N)c(CC)c1S(=O)(=O)NC. The molecule has 0 atom stereocenters. The summed E-state index contributed by atoms with van der Waals surface area (Å²) in [4.78, 5) is 0.246. The number of nitrogen functional groups attached to an aromatic ring is 2. The van der Waals surface area contributed by atoms with Crippen LogP contribution in [0.25, 0.3) is 0 Å². The van der Waals surface area contributed by atoms with Crippen molar-refractivity contribution in [1.82, 2.24) is 4.72 Å². The minimum Gasteiger partial charge on any atom is -0.398 e. The van der Waals surface area contributed by atoms with Crippen molar-refractivity contribution in [2.45, 2.75) is 38.5 Å². The summed E-state index contributed by atoms with van der Waals surface area (Å²) in [7, 11) is -2.17. The van der Waals surface area contributed by atoms with Crippen LogP contribution in [0.4, 0.5) is 11.4 Å². The lowest BCUT2D eigenvalue weighted by molar-refractivity contribution is 0.586. The van der Waals surface area contributed by atoms with Gasteiger partial charge in [0.15, 0.2) is 0 Å². The molecule has 0 saturated heterocycles. The fourth-order valence-electron chi connectivity index (χ4n) is 2.15. The van der Waals surface area contributed by atoms with Gasteiger partial charge in [0.2, 0.25) is 10.0 Å². The third-order valence-electron chi connectivity index (χ3n) is 3.25. The predicted octanol–water partition coefficient (Wildman–Crippen LogP) is 1.19. The lowest BCUT2D eigenvalue weighted by Crippen LogP contribution is -2.23. The summed E-state index contributed by atoms with van der Waals surface area (Å²) in [5.74, 6) is 0. The summed E-state index contributed by atoms with van der Waals surface area (Å²) < 4.78 is 26.6. The second kappa shape index (κ2) is 5.16. The largest absolute Gasteiger partial charge is 0.398 e. The van der Waals surface area contributed by atoms with Gasteiger partial charge in [0, 0.05) is 11.4 Å². The molecule has 0 aromatic heterocycles. The molecular formula is C12H21N3O2S. The van der Waals surface area contributed by atoms with Gasteiger partial charge in [-0.3, -0.25) is 0 Å². The first kappa shape index (κ1) is 14.8. The van der Waals surface area contributed by atoms with Crippen LogP contribution in [0, 0.1) is 6.92 Å². The first-order valence-corrected chi connectivity index (χ1v) is 7.42. The summed E-state index contributed by atoms with van der Waals surface area (Å²) in [6, 6.07) is 0. The van der Waals surface area contributed by atoms with Gasteiger partial charge in [-0.05, 0) is 43.5 Å². The topological polar surface area (TPSA) is 98.2 Å². The molecule has 5 nitrogen and oxygen atoms in total. The molecule has 0 aliphatic heterocycles. The number of nitrogens with one attached hydrogen (secondary N) is 1. The Labute approximate surface area is 109 Å². The van der Waals surface area contributed by atoms with Crippen molar-refractivity contribution in [3.8, 4) is 0 Å². The van der Waals surface area contributed by atoms with Gasteiger partial charge in [-0.15, -0.1) is 0 Å². The molecule has 1 rings (SSSR count). The maximum Gasteiger partial charge on any atom is 0.241 e. The zero-order valence-corrected chi connectivity index (χ0v) is 12.1. The standard InChI is InChI=1S/C12H21N3O2S/c1-5-8-10(13)7(3)11(14)9(6-2)12(8)18(16,17)15-4/h15H,5-6,13-14H2,1-4H3. The van der Waals surface area contributed by atoms with Crippen molar-refractivity contribution in [3.05, 3.63) is 16.7 Å². The van der Waals surface area contributed by atoms with Crippen LogP contribution in [0.1, 0.15) is 30.5 Å². The van der Waals surface area contributed by atoms with Gasteiger partial charge >= 0.3 is 0 Å². The van der Waals surface area contributed by atoms with Crippen LogP contribution < -0.4 is 16.2 Å². The van der Waals surface area contributed by atoms with Crippen molar-refractivity contribution < 1.29 is 8.42 Å². The van der Waals surface area contributed by atoms with Gasteiger partial charge in [0.25, 0.3) is 0 Å². The Bertz CT molecular complexity index is 534. The van der Waals surface area contributed by atoms with Crippen LogP contribution in [-0.2, 0) is 22.9 Å². The van der Waals surface area contributed by atoms with E-state index in [1.54, 1.807) is 0 Å². The van der Waals surface area contributed by atoms with Crippen LogP contribution >= 0.6 is 0 Å². The van der Waals surface area contributed by atoms with Crippen molar-refractivity contribution in [2.24, 2.45) is 0 Å². The molecule has 0 aliphatic rings. The van der Waals surface area contributed by atoms with Crippen molar-refractivity contribution in [1.29, 1.82) is 0 Å². The summed E-state index contributed by atoms with van der Waals surface area (Å²) >= 11 is 0. The normalized spacial score (nSPS) is 11.8. The van der Waals surface area contributed by atoms with E-state index in [2.05, 4.69) is 4.72 Å². The maximum atomic E-state index is 12.2. The monoisotopic (exact) mass is 271 g/mol. The summed E-state index contributed by atoms with van der Waals surface area (Å²) in [5, 5.41) is 0. The van der Waals surface area contributed by atoms with E-state index >= 15 is 0 Å². The van der Waals surface area contributed by atoms with E-state index in [0.717, 1.165) is 5.56 Å². The summed E-state index contributed by atoms with van der Waals surface area (Å²) in [5.41, 5.74) is 15.0. The molecule has 102 valence electrons. The summed E-state index contributed by atoms with van der Waals surface area (Å²) in [6.45, 7) is 5.59. The highest BCUT2D eigenvalue weighted by atomic mass is 32.2. The van der Waals surface area contributed by atoms with E-state index in [-0.39, 0.29) is 4.90 Å². The molecule has 1 aromatic rings. The number of hydrogen-bond donors (Lipinski definition) is 3. The highest BCUT2D eigenvalue weighted by molar-refractivity contribution is 7.89. The molecule has 0 bridgehead atoms. The molecule has 5 N–H and O–H groups in total. The van der Waals surface area contributed by atoms with E-state index in [9.17, 15) is 8.42 Å². The lowest BCUT2D eigenvalue weighted by Gasteiger charge is -2.20. The molecule has 0 saturated carbocycles. The number of benzene rings is 1. The Morgan fingerprint density at radius 1 is 1.06 bits per heavy atom. The van der Waals surface area contributed by atoms with Crippen molar-refractivity contribution >= 4 is 21.4 Å². The molecule has 0 amide bonds. The highest BCUT2D eigenvalue weighted by Crippen LogP contribution is 2.35. The van der Waals surface area contributed by atoms with Crippen molar-refractivity contribution in [2.75, 3.05) is 18.5 Å². The molecule has 0 unspecified atom stereocenters. The van der Waals surface area contributed by atoms with Gasteiger partial charge in [0.05, 0.1) is 4.90 Å². The molecule has 1 aromatic carbocycles. The third-order valence-corrected chi connectivity index (χ3v) is 4.82. The minimum atomic E-state index is -3.56. The first-order chi connectivity index (χ1) is 8.31. The highest BCUT2D eigenvalue weighted by Gasteiger charge is 2.25. The molecule has 0 aliphatic carbocycles. The number of nitrogens with two attached hydrogens (primary N) is 2. The summed E-state index contributed by atoms with van der Waals surface area (Å²) in [6.07, 6.45) is 1.10. The zero-order chi connectivity index (χ0) is 14.1. The smallest absolute Gasteiger partial charge is 0.241 e. The average Bonchev–Trinajstić information content (AvgIpc) is 2.35. The molecule has 0 heterocycles. The van der Waals surface area contributed by atoms with Gasteiger partial charge in [-0.25, -0.2) is 13.1 Å². The van der Waals surface area contributed by atoms with Crippen LogP contribution in [0.5, 0.6) is 0 Å². The van der Waals surface area contributed by atoms with E-state index in [0.29, 0.717) is 35.3 Å². The maximum absolute atomic E-state index is 12.2. The van der Waals surface area contributed by atoms with E-state index < -0.39 is 10.0 Å². The van der Waals surface area contributed by atoms with Gasteiger partial charge in [-0.1, -0.05) is 13.8 Å². The Morgan fingerprint density at radius 2 is 1.44 bits per heavy atom. The van der Waals surface area contributed by atoms with Gasteiger partial charge < -0.3 is 11.5 Å². The average molecular weight is 271 g/mol. The first-order valence-electron chi connectivity index (χ1n) is 5.94. The van der Waals surface area contributed by atoms with E-state index in [1.165, 1.54) is 7.05 Å². The molecule has 6 heteroatoms. The Hall–Kier alpha value is -1.27. The molecule has 0 fully saturated rings. The molecule has 0 radical (unpaired) electrons. The van der Waals surface area contributed by atoms with Crippen LogP contribution in [0.15, 0.2) is 4.90 Å². The number of hydrogen-bond acceptors (Lipinski definition) is 4. The fraction of sp³-hybridized carbons (Fsp3) is 0.500. The van der Waals surface area contributed by atoms with Crippen LogP contribution in [-0.4, -0.2) is 15.5 Å². The quantitative estimate of drug-likeness (QED) is 0.716. The number of sulfonamides is 1. The van der Waals surface area contributed by atoms with E-state index in [1.807, 2.05) is 20.8 Å². The lowest BCUT2D eigenvalue weighted by atomic mass is 9.98. The van der Waals surface area contributed by atoms with Crippen LogP contribution in [0.3, 0.4) is 0 Å². The van der Waals surface area contributed by atoms with Gasteiger partial charge in [-0.2, -0.15) is 0 Å². The second-order valence-electron chi connectivity index (χ2n) is 4.15. The minimum absolute atomic E-state index is 0.246. The van der Waals surface area contributed by atoms with Crippen molar-refractivity contribution in [3.63, 3.8) is 0 Å². The Kier molecular flexibility index (Phi) is 4.24. The Morgan fingerprint density at radius 3 is 1.72 bits per heavy atom. The van der Waals surface area contributed by atoms with Gasteiger partial charge in [0.1, 0.15) is 0 Å². The number of anilines is 2. The number of rotatable bonds is 4. The second-order valence-corrected chi connectivity index (χ2v) is 5.98. The van der Waals surface area contributed by atoms with Crippen LogP contribution in [0.2, 0.25) is 0 Å².